The van der Waals surface area contributed by atoms with Crippen LogP contribution in [-0.2, 0) is 6.54 Å². The largest absolute Gasteiger partial charge is 0.298 e. The molecule has 2 aromatic rings. The van der Waals surface area contributed by atoms with Gasteiger partial charge in [-0.3, -0.25) is 9.48 Å². The lowest BCUT2D eigenvalue weighted by molar-refractivity contribution is 0.112. The van der Waals surface area contributed by atoms with Gasteiger partial charge in [-0.1, -0.05) is 0 Å². The molecule has 3 nitrogen and oxygen atoms in total. The summed E-state index contributed by atoms with van der Waals surface area (Å²) in [6.07, 6.45) is 2.17. The van der Waals surface area contributed by atoms with E-state index < -0.39 is 11.6 Å². The van der Waals surface area contributed by atoms with Crippen molar-refractivity contribution in [1.29, 1.82) is 0 Å². The van der Waals surface area contributed by atoms with Crippen LogP contribution in [0.3, 0.4) is 0 Å². The number of aldehydes is 1. The van der Waals surface area contributed by atoms with Crippen LogP contribution >= 0.6 is 0 Å². The molecule has 0 amide bonds. The van der Waals surface area contributed by atoms with Crippen LogP contribution in [0.4, 0.5) is 8.78 Å². The van der Waals surface area contributed by atoms with Crippen molar-refractivity contribution in [2.24, 2.45) is 0 Å². The van der Waals surface area contributed by atoms with Crippen LogP contribution in [0.2, 0.25) is 0 Å². The highest BCUT2D eigenvalue weighted by atomic mass is 19.1. The molecule has 1 aromatic carbocycles. The highest BCUT2D eigenvalue weighted by Gasteiger charge is 2.12. The van der Waals surface area contributed by atoms with Gasteiger partial charge in [0.05, 0.1) is 5.56 Å². The van der Waals surface area contributed by atoms with Crippen LogP contribution in [-0.4, -0.2) is 16.1 Å². The average molecular weight is 236 g/mol. The van der Waals surface area contributed by atoms with Gasteiger partial charge in [-0.15, -0.1) is 0 Å². The molecule has 0 aliphatic rings. The number of carbonyl (C=O) groups excluding carboxylic acids is 1. The van der Waals surface area contributed by atoms with Gasteiger partial charge in [0.2, 0.25) is 0 Å². The first-order valence-corrected chi connectivity index (χ1v) is 5.13. The predicted octanol–water partition coefficient (Wildman–Crippen LogP) is 2.66. The summed E-state index contributed by atoms with van der Waals surface area (Å²) >= 11 is 0. The number of nitrogens with zero attached hydrogens (tertiary/aromatic N) is 2. The molecule has 17 heavy (non-hydrogen) atoms. The molecule has 0 radical (unpaired) electrons. The summed E-state index contributed by atoms with van der Waals surface area (Å²) in [6.45, 7) is 2.44. The van der Waals surface area contributed by atoms with Gasteiger partial charge in [0.25, 0.3) is 0 Å². The number of carbonyl (C=O) groups is 1. The van der Waals surface area contributed by atoms with Gasteiger partial charge in [-0.2, -0.15) is 5.10 Å². The molecule has 1 heterocycles. The first-order valence-electron chi connectivity index (χ1n) is 5.13. The van der Waals surface area contributed by atoms with Gasteiger partial charge in [-0.25, -0.2) is 8.78 Å². The smallest absolute Gasteiger partial charge is 0.153 e. The van der Waals surface area contributed by atoms with Gasteiger partial charge in [0.15, 0.2) is 6.29 Å². The molecule has 5 heteroatoms. The molecule has 0 spiro atoms. The number of benzene rings is 1. The van der Waals surface area contributed by atoms with Crippen molar-refractivity contribution >= 4 is 6.29 Å². The van der Waals surface area contributed by atoms with Crippen molar-refractivity contribution in [3.05, 3.63) is 41.6 Å². The van der Waals surface area contributed by atoms with Gasteiger partial charge < -0.3 is 0 Å². The van der Waals surface area contributed by atoms with Gasteiger partial charge in [-0.05, 0) is 19.1 Å². The average Bonchev–Trinajstić information content (AvgIpc) is 2.70. The number of hydrogen-bond acceptors (Lipinski definition) is 2. The minimum absolute atomic E-state index is 0.261. The summed E-state index contributed by atoms with van der Waals surface area (Å²) in [6, 6.07) is 3.08. The second-order valence-corrected chi connectivity index (χ2v) is 3.56. The maximum absolute atomic E-state index is 13.1. The van der Waals surface area contributed by atoms with Gasteiger partial charge in [0, 0.05) is 24.4 Å². The standard InChI is InChI=1S/C12H10F2N2O/c1-2-16-6-9(7-17)12(15-16)8-3-10(13)5-11(14)4-8/h3-7H,2H2,1H3. The highest BCUT2D eigenvalue weighted by Crippen LogP contribution is 2.23. The summed E-state index contributed by atoms with van der Waals surface area (Å²) < 4.78 is 27.7. The Kier molecular flexibility index (Phi) is 2.99. The van der Waals surface area contributed by atoms with Crippen molar-refractivity contribution in [1.82, 2.24) is 9.78 Å². The lowest BCUT2D eigenvalue weighted by Crippen LogP contribution is -1.94. The normalized spacial score (nSPS) is 10.5. The fraction of sp³-hybridized carbons (Fsp3) is 0.167. The molecule has 0 bridgehead atoms. The summed E-state index contributed by atoms with van der Waals surface area (Å²) in [5.74, 6) is -1.38. The molecule has 0 aliphatic heterocycles. The Balaban J connectivity index is 2.58. The van der Waals surface area contributed by atoms with E-state index in [1.807, 2.05) is 6.92 Å². The minimum atomic E-state index is -0.692. The number of rotatable bonds is 3. The van der Waals surface area contributed by atoms with Gasteiger partial charge in [0.1, 0.15) is 17.3 Å². The summed E-state index contributed by atoms with van der Waals surface area (Å²) in [5, 5.41) is 4.10. The van der Waals surface area contributed by atoms with Crippen molar-refractivity contribution < 1.29 is 13.6 Å². The van der Waals surface area contributed by atoms with E-state index in [-0.39, 0.29) is 5.56 Å². The quantitative estimate of drug-likeness (QED) is 0.768. The van der Waals surface area contributed by atoms with Crippen LogP contribution in [0.5, 0.6) is 0 Å². The third-order valence-corrected chi connectivity index (χ3v) is 2.38. The van der Waals surface area contributed by atoms with E-state index in [0.717, 1.165) is 18.2 Å². The van der Waals surface area contributed by atoms with E-state index in [2.05, 4.69) is 5.10 Å². The molecule has 2 rings (SSSR count). The molecule has 0 saturated heterocycles. The first-order chi connectivity index (χ1) is 8.13. The Morgan fingerprint density at radius 3 is 2.47 bits per heavy atom. The van der Waals surface area contributed by atoms with Gasteiger partial charge >= 0.3 is 0 Å². The number of aryl methyl sites for hydroxylation is 1. The monoisotopic (exact) mass is 236 g/mol. The van der Waals surface area contributed by atoms with Crippen LogP contribution in [0.15, 0.2) is 24.4 Å². The summed E-state index contributed by atoms with van der Waals surface area (Å²) in [7, 11) is 0. The predicted molar refractivity (Wildman–Crippen MR) is 58.6 cm³/mol. The second-order valence-electron chi connectivity index (χ2n) is 3.56. The SMILES string of the molecule is CCn1cc(C=O)c(-c2cc(F)cc(F)c2)n1. The highest BCUT2D eigenvalue weighted by molar-refractivity contribution is 5.85. The number of hydrogen-bond donors (Lipinski definition) is 0. The number of halogens is 2. The topological polar surface area (TPSA) is 34.9 Å². The zero-order chi connectivity index (χ0) is 12.4. The van der Waals surface area contributed by atoms with Crippen LogP contribution < -0.4 is 0 Å². The fourth-order valence-electron chi connectivity index (χ4n) is 1.60. The van der Waals surface area contributed by atoms with Crippen LogP contribution in [0.1, 0.15) is 17.3 Å². The zero-order valence-electron chi connectivity index (χ0n) is 9.15. The lowest BCUT2D eigenvalue weighted by atomic mass is 10.1. The molecule has 0 saturated carbocycles. The van der Waals surface area contributed by atoms with Crippen molar-refractivity contribution in [2.45, 2.75) is 13.5 Å². The Bertz CT molecular complexity index is 543. The Morgan fingerprint density at radius 2 is 1.94 bits per heavy atom. The molecular formula is C12H10F2N2O. The first kappa shape index (κ1) is 11.4. The molecule has 0 atom stereocenters. The van der Waals surface area contributed by atoms with Crippen LogP contribution in [0.25, 0.3) is 11.3 Å². The molecule has 0 fully saturated rings. The van der Waals surface area contributed by atoms with Crippen molar-refractivity contribution in [3.63, 3.8) is 0 Å². The third-order valence-electron chi connectivity index (χ3n) is 2.38. The molecular weight excluding hydrogens is 226 g/mol. The zero-order valence-corrected chi connectivity index (χ0v) is 9.15. The Hall–Kier alpha value is -2.04. The maximum Gasteiger partial charge on any atom is 0.153 e. The fourth-order valence-corrected chi connectivity index (χ4v) is 1.60. The van der Waals surface area contributed by atoms with E-state index in [9.17, 15) is 13.6 Å². The molecule has 0 aliphatic carbocycles. The summed E-state index contributed by atoms with van der Waals surface area (Å²) in [5.41, 5.74) is 0.869. The Morgan fingerprint density at radius 1 is 1.29 bits per heavy atom. The minimum Gasteiger partial charge on any atom is -0.298 e. The van der Waals surface area contributed by atoms with Crippen molar-refractivity contribution in [2.75, 3.05) is 0 Å². The maximum atomic E-state index is 13.1. The number of aromatic nitrogens is 2. The molecule has 1 aromatic heterocycles. The Labute approximate surface area is 96.7 Å². The van der Waals surface area contributed by atoms with E-state index in [4.69, 9.17) is 0 Å². The second kappa shape index (κ2) is 4.45. The van der Waals surface area contributed by atoms with E-state index in [1.54, 1.807) is 10.9 Å². The lowest BCUT2D eigenvalue weighted by Gasteiger charge is -1.99. The summed E-state index contributed by atoms with van der Waals surface area (Å²) in [4.78, 5) is 10.9. The van der Waals surface area contributed by atoms with E-state index >= 15 is 0 Å². The van der Waals surface area contributed by atoms with E-state index in [0.29, 0.717) is 24.1 Å². The van der Waals surface area contributed by atoms with E-state index in [1.165, 1.54) is 0 Å². The van der Waals surface area contributed by atoms with Crippen molar-refractivity contribution in [3.8, 4) is 11.3 Å². The van der Waals surface area contributed by atoms with Crippen LogP contribution in [0, 0.1) is 11.6 Å². The molecule has 0 unspecified atom stereocenters. The molecule has 0 N–H and O–H groups in total. The molecule has 88 valence electrons. The third kappa shape index (κ3) is 2.22.